The van der Waals surface area contributed by atoms with Crippen LogP contribution >= 0.6 is 0 Å². The second kappa shape index (κ2) is 5.97. The third kappa shape index (κ3) is 3.18. The molecule has 1 amide bonds. The topological polar surface area (TPSA) is 59.0 Å². The number of hydrogen-bond acceptors (Lipinski definition) is 3. The van der Waals surface area contributed by atoms with Crippen molar-refractivity contribution < 1.29 is 4.79 Å². The van der Waals surface area contributed by atoms with Crippen LogP contribution in [0.2, 0.25) is 0 Å². The molecule has 0 fully saturated rings. The van der Waals surface area contributed by atoms with Crippen molar-refractivity contribution in [1.82, 2.24) is 15.1 Å². The van der Waals surface area contributed by atoms with Crippen LogP contribution < -0.4 is 10.6 Å². The first-order valence-electron chi connectivity index (χ1n) is 5.90. The molecule has 2 aromatic rings. The molecule has 0 bridgehead atoms. The van der Waals surface area contributed by atoms with Gasteiger partial charge in [-0.25, -0.2) is 4.68 Å². The van der Waals surface area contributed by atoms with Crippen molar-refractivity contribution in [3.05, 3.63) is 42.7 Å². The van der Waals surface area contributed by atoms with Gasteiger partial charge in [0.15, 0.2) is 0 Å². The molecule has 5 heteroatoms. The maximum Gasteiger partial charge on any atom is 0.238 e. The summed E-state index contributed by atoms with van der Waals surface area (Å²) in [6, 6.07) is 9.43. The Morgan fingerprint density at radius 1 is 1.39 bits per heavy atom. The summed E-state index contributed by atoms with van der Waals surface area (Å²) in [4.78, 5) is 11.6. The second-order valence-electron chi connectivity index (χ2n) is 3.83. The molecule has 0 saturated carbocycles. The quantitative estimate of drug-likeness (QED) is 0.836. The van der Waals surface area contributed by atoms with Crippen molar-refractivity contribution in [2.75, 3.05) is 18.4 Å². The second-order valence-corrected chi connectivity index (χ2v) is 3.83. The first kappa shape index (κ1) is 12.3. The lowest BCUT2D eigenvalue weighted by molar-refractivity contribution is -0.115. The van der Waals surface area contributed by atoms with Gasteiger partial charge in [-0.3, -0.25) is 4.79 Å². The van der Waals surface area contributed by atoms with Gasteiger partial charge in [0.1, 0.15) is 0 Å². The number of nitrogens with zero attached hydrogens (tertiary/aromatic N) is 2. The Kier molecular flexibility index (Phi) is 4.09. The molecular formula is C13H16N4O. The zero-order valence-corrected chi connectivity index (χ0v) is 10.3. The first-order chi connectivity index (χ1) is 8.79. The monoisotopic (exact) mass is 244 g/mol. The number of anilines is 1. The molecule has 2 rings (SSSR count). The van der Waals surface area contributed by atoms with Crippen LogP contribution in [0.3, 0.4) is 0 Å². The molecule has 0 aliphatic heterocycles. The number of benzene rings is 1. The fourth-order valence-corrected chi connectivity index (χ4v) is 1.59. The van der Waals surface area contributed by atoms with Gasteiger partial charge in [0, 0.05) is 18.1 Å². The van der Waals surface area contributed by atoms with Crippen molar-refractivity contribution in [3.8, 4) is 5.69 Å². The third-order valence-electron chi connectivity index (χ3n) is 2.43. The molecule has 0 aliphatic rings. The summed E-state index contributed by atoms with van der Waals surface area (Å²) >= 11 is 0. The Morgan fingerprint density at radius 3 is 3.00 bits per heavy atom. The number of rotatable bonds is 5. The summed E-state index contributed by atoms with van der Waals surface area (Å²) in [6.07, 6.45) is 3.58. The Bertz CT molecular complexity index is 507. The molecule has 0 radical (unpaired) electrons. The largest absolute Gasteiger partial charge is 0.325 e. The van der Waals surface area contributed by atoms with Gasteiger partial charge in [0.2, 0.25) is 5.91 Å². The Hall–Kier alpha value is -2.14. The summed E-state index contributed by atoms with van der Waals surface area (Å²) in [6.45, 7) is 3.06. The molecule has 0 saturated heterocycles. The number of hydrogen-bond donors (Lipinski definition) is 2. The molecule has 18 heavy (non-hydrogen) atoms. The van der Waals surface area contributed by atoms with E-state index in [1.165, 1.54) is 0 Å². The fraction of sp³-hybridized carbons (Fsp3) is 0.231. The van der Waals surface area contributed by atoms with Crippen LogP contribution in [0.25, 0.3) is 5.69 Å². The Balaban J connectivity index is 2.06. The van der Waals surface area contributed by atoms with E-state index in [1.54, 1.807) is 10.9 Å². The molecule has 0 spiro atoms. The molecule has 1 aromatic carbocycles. The fourth-order valence-electron chi connectivity index (χ4n) is 1.59. The van der Waals surface area contributed by atoms with Crippen molar-refractivity contribution in [3.63, 3.8) is 0 Å². The minimum absolute atomic E-state index is 0.0468. The van der Waals surface area contributed by atoms with E-state index < -0.39 is 0 Å². The SMILES string of the molecule is CCNCC(=O)Nc1cccc(-n2cccn2)c1. The Morgan fingerprint density at radius 2 is 2.28 bits per heavy atom. The highest BCUT2D eigenvalue weighted by atomic mass is 16.1. The lowest BCUT2D eigenvalue weighted by Crippen LogP contribution is -2.27. The molecule has 0 atom stereocenters. The molecule has 0 aliphatic carbocycles. The lowest BCUT2D eigenvalue weighted by Gasteiger charge is -2.07. The molecule has 94 valence electrons. The van der Waals surface area contributed by atoms with Crippen LogP contribution in [0.1, 0.15) is 6.92 Å². The van der Waals surface area contributed by atoms with Crippen LogP contribution in [0, 0.1) is 0 Å². The van der Waals surface area contributed by atoms with Gasteiger partial charge < -0.3 is 10.6 Å². The average Bonchev–Trinajstić information content (AvgIpc) is 2.90. The van der Waals surface area contributed by atoms with Gasteiger partial charge in [-0.1, -0.05) is 13.0 Å². The standard InChI is InChI=1S/C13H16N4O/c1-2-14-10-13(18)16-11-5-3-6-12(9-11)17-8-4-7-15-17/h3-9,14H,2,10H2,1H3,(H,16,18). The highest BCUT2D eigenvalue weighted by molar-refractivity contribution is 5.92. The summed E-state index contributed by atoms with van der Waals surface area (Å²) < 4.78 is 1.75. The van der Waals surface area contributed by atoms with Crippen LogP contribution in [0.15, 0.2) is 42.7 Å². The van der Waals surface area contributed by atoms with Gasteiger partial charge in [-0.15, -0.1) is 0 Å². The zero-order valence-electron chi connectivity index (χ0n) is 10.3. The zero-order chi connectivity index (χ0) is 12.8. The number of nitrogens with one attached hydrogen (secondary N) is 2. The first-order valence-corrected chi connectivity index (χ1v) is 5.90. The molecular weight excluding hydrogens is 228 g/mol. The van der Waals surface area contributed by atoms with Crippen LogP contribution in [0.5, 0.6) is 0 Å². The number of amides is 1. The van der Waals surface area contributed by atoms with E-state index >= 15 is 0 Å². The maximum atomic E-state index is 11.6. The number of aromatic nitrogens is 2. The van der Waals surface area contributed by atoms with Crippen molar-refractivity contribution >= 4 is 11.6 Å². The van der Waals surface area contributed by atoms with Gasteiger partial charge in [-0.05, 0) is 30.8 Å². The van der Waals surface area contributed by atoms with E-state index in [0.717, 1.165) is 17.9 Å². The molecule has 1 aromatic heterocycles. The molecule has 1 heterocycles. The van der Waals surface area contributed by atoms with Gasteiger partial charge >= 0.3 is 0 Å². The molecule has 2 N–H and O–H groups in total. The van der Waals surface area contributed by atoms with E-state index in [1.807, 2.05) is 43.5 Å². The van der Waals surface area contributed by atoms with Crippen molar-refractivity contribution in [2.24, 2.45) is 0 Å². The van der Waals surface area contributed by atoms with E-state index in [2.05, 4.69) is 15.7 Å². The predicted molar refractivity (Wildman–Crippen MR) is 70.7 cm³/mol. The number of likely N-dealkylation sites (N-methyl/N-ethyl adjacent to an activating group) is 1. The van der Waals surface area contributed by atoms with Crippen molar-refractivity contribution in [2.45, 2.75) is 6.92 Å². The highest BCUT2D eigenvalue weighted by Crippen LogP contribution is 2.13. The third-order valence-corrected chi connectivity index (χ3v) is 2.43. The van der Waals surface area contributed by atoms with E-state index in [-0.39, 0.29) is 5.91 Å². The summed E-state index contributed by atoms with van der Waals surface area (Å²) in [7, 11) is 0. The van der Waals surface area contributed by atoms with Gasteiger partial charge in [-0.2, -0.15) is 5.10 Å². The normalized spacial score (nSPS) is 10.3. The van der Waals surface area contributed by atoms with Crippen LogP contribution in [-0.2, 0) is 4.79 Å². The van der Waals surface area contributed by atoms with Crippen LogP contribution in [0.4, 0.5) is 5.69 Å². The number of carbonyl (C=O) groups is 1. The van der Waals surface area contributed by atoms with Gasteiger partial charge in [0.25, 0.3) is 0 Å². The van der Waals surface area contributed by atoms with Crippen LogP contribution in [-0.4, -0.2) is 28.8 Å². The summed E-state index contributed by atoms with van der Waals surface area (Å²) in [5.41, 5.74) is 1.69. The maximum absolute atomic E-state index is 11.6. The van der Waals surface area contributed by atoms with E-state index in [9.17, 15) is 4.79 Å². The van der Waals surface area contributed by atoms with E-state index in [0.29, 0.717) is 6.54 Å². The minimum atomic E-state index is -0.0468. The minimum Gasteiger partial charge on any atom is -0.325 e. The molecule has 5 nitrogen and oxygen atoms in total. The number of carbonyl (C=O) groups excluding carboxylic acids is 1. The molecule has 0 unspecified atom stereocenters. The predicted octanol–water partition coefficient (Wildman–Crippen LogP) is 1.42. The van der Waals surface area contributed by atoms with Gasteiger partial charge in [0.05, 0.1) is 12.2 Å². The van der Waals surface area contributed by atoms with Crippen molar-refractivity contribution in [1.29, 1.82) is 0 Å². The summed E-state index contributed by atoms with van der Waals surface area (Å²) in [5.74, 6) is -0.0468. The van der Waals surface area contributed by atoms with E-state index in [4.69, 9.17) is 0 Å². The Labute approximate surface area is 106 Å². The smallest absolute Gasteiger partial charge is 0.238 e. The lowest BCUT2D eigenvalue weighted by atomic mass is 10.2. The summed E-state index contributed by atoms with van der Waals surface area (Å²) in [5, 5.41) is 9.97. The highest BCUT2D eigenvalue weighted by Gasteiger charge is 2.02. The average molecular weight is 244 g/mol.